The van der Waals surface area contributed by atoms with Crippen LogP contribution in [0, 0.1) is 0 Å². The number of anilines is 2. The molecule has 2 N–H and O–H groups in total. The molecule has 0 atom stereocenters. The third kappa shape index (κ3) is 7.85. The largest absolute Gasteiger partial charge is 2.00 e. The van der Waals surface area contributed by atoms with E-state index in [1.54, 1.807) is 36.9 Å². The fourth-order valence-corrected chi connectivity index (χ4v) is 5.96. The van der Waals surface area contributed by atoms with Crippen molar-refractivity contribution >= 4 is 88.9 Å². The summed E-state index contributed by atoms with van der Waals surface area (Å²) in [5.41, 5.74) is 3.81. The molecule has 0 bridgehead atoms. The van der Waals surface area contributed by atoms with Crippen LogP contribution in [0.4, 0.5) is 11.4 Å². The molecule has 0 aliphatic heterocycles. The van der Waals surface area contributed by atoms with Crippen molar-refractivity contribution in [1.82, 2.24) is 9.97 Å². The first-order valence-electron chi connectivity index (χ1n) is 12.1. The predicted molar refractivity (Wildman–Crippen MR) is 176 cm³/mol. The minimum Gasteiger partial charge on any atom is -0.497 e. The summed E-state index contributed by atoms with van der Waals surface area (Å²) in [5, 5.41) is 8.05. The Morgan fingerprint density at radius 1 is 0.585 bits per heavy atom. The molecule has 0 unspecified atom stereocenters. The van der Waals surface area contributed by atoms with Crippen molar-refractivity contribution in [2.75, 3.05) is 24.9 Å². The van der Waals surface area contributed by atoms with Gasteiger partial charge in [0, 0.05) is 11.4 Å². The molecule has 41 heavy (non-hydrogen) atoms. The van der Waals surface area contributed by atoms with Gasteiger partial charge in [-0.1, -0.05) is 48.7 Å². The second-order valence-electron chi connectivity index (χ2n) is 8.34. The average molecular weight is 660 g/mol. The number of nitrogens with zero attached hydrogens (tertiary/aromatic N) is 2. The van der Waals surface area contributed by atoms with Gasteiger partial charge >= 0.3 is 16.8 Å². The molecule has 6 nitrogen and oxygen atoms in total. The van der Waals surface area contributed by atoms with Crippen LogP contribution in [0.15, 0.2) is 97.1 Å². The van der Waals surface area contributed by atoms with Gasteiger partial charge in [-0.3, -0.25) is 0 Å². The van der Waals surface area contributed by atoms with E-state index in [2.05, 4.69) is 20.6 Å². The first kappa shape index (κ1) is 30.5. The number of hydrogen-bond donors (Lipinski definition) is 2. The molecule has 0 spiro atoms. The van der Waals surface area contributed by atoms with Gasteiger partial charge in [0.15, 0.2) is 10.0 Å². The first-order chi connectivity index (χ1) is 19.5. The third-order valence-electron chi connectivity index (χ3n) is 5.67. The van der Waals surface area contributed by atoms with Crippen LogP contribution in [0.3, 0.4) is 0 Å². The average Bonchev–Trinajstić information content (AvgIpc) is 3.63. The standard InChI is InChI=1S/2C15H12N2OS2.Co/c2*1-18-11-8-6-10(7-9-11)16-14(19)15-17-12-4-2-3-5-13(12)20-15;/h2*2-9H,1H3,(H,16,19);/q;;+2. The number of methoxy groups -OCH3 is 2. The number of ether oxygens (including phenoxy) is 2. The number of fused-ring (bicyclic) bond motifs is 2. The van der Waals surface area contributed by atoms with Crippen molar-refractivity contribution in [2.24, 2.45) is 0 Å². The van der Waals surface area contributed by atoms with Crippen molar-refractivity contribution in [3.05, 3.63) is 107 Å². The summed E-state index contributed by atoms with van der Waals surface area (Å²) in [6.45, 7) is 0. The minimum atomic E-state index is 0. The Balaban J connectivity index is 0.000000184. The van der Waals surface area contributed by atoms with Crippen molar-refractivity contribution in [3.63, 3.8) is 0 Å². The Bertz CT molecular complexity index is 1570. The number of hydrogen-bond acceptors (Lipinski definition) is 8. The van der Waals surface area contributed by atoms with Crippen LogP contribution in [0.2, 0.25) is 0 Å². The van der Waals surface area contributed by atoms with E-state index >= 15 is 0 Å². The van der Waals surface area contributed by atoms with Gasteiger partial charge in [-0.05, 0) is 72.8 Å². The van der Waals surface area contributed by atoms with Crippen LogP contribution in [0.25, 0.3) is 20.4 Å². The molecule has 11 heteroatoms. The molecule has 2 aromatic heterocycles. The molecule has 4 aromatic carbocycles. The van der Waals surface area contributed by atoms with Crippen LogP contribution in [0.1, 0.15) is 10.0 Å². The predicted octanol–water partition coefficient (Wildman–Crippen LogP) is 8.18. The van der Waals surface area contributed by atoms with E-state index in [0.29, 0.717) is 9.98 Å². The quantitative estimate of drug-likeness (QED) is 0.174. The zero-order chi connectivity index (χ0) is 27.9. The molecule has 0 aliphatic rings. The molecule has 0 saturated heterocycles. The molecule has 0 fully saturated rings. The third-order valence-corrected chi connectivity index (χ3v) is 8.63. The number of aromatic nitrogens is 2. The van der Waals surface area contributed by atoms with Crippen LogP contribution >= 0.6 is 47.1 Å². The van der Waals surface area contributed by atoms with E-state index < -0.39 is 0 Å². The van der Waals surface area contributed by atoms with Crippen molar-refractivity contribution < 1.29 is 26.3 Å². The molecule has 0 saturated carbocycles. The van der Waals surface area contributed by atoms with E-state index in [9.17, 15) is 0 Å². The van der Waals surface area contributed by atoms with E-state index in [1.165, 1.54) is 0 Å². The van der Waals surface area contributed by atoms with Crippen molar-refractivity contribution in [3.8, 4) is 11.5 Å². The molecule has 6 rings (SSSR count). The molecular weight excluding hydrogens is 636 g/mol. The van der Waals surface area contributed by atoms with Crippen molar-refractivity contribution in [2.45, 2.75) is 0 Å². The van der Waals surface area contributed by atoms with E-state index in [0.717, 1.165) is 53.3 Å². The maximum atomic E-state index is 5.41. The van der Waals surface area contributed by atoms with E-state index in [1.807, 2.05) is 97.1 Å². The Morgan fingerprint density at radius 3 is 1.29 bits per heavy atom. The maximum Gasteiger partial charge on any atom is 2.00 e. The van der Waals surface area contributed by atoms with Crippen molar-refractivity contribution in [1.29, 1.82) is 0 Å². The fraction of sp³-hybridized carbons (Fsp3) is 0.0667. The molecule has 2 heterocycles. The summed E-state index contributed by atoms with van der Waals surface area (Å²) < 4.78 is 12.5. The zero-order valence-corrected chi connectivity index (χ0v) is 26.2. The summed E-state index contributed by atoms with van der Waals surface area (Å²) in [7, 11) is 3.29. The summed E-state index contributed by atoms with van der Waals surface area (Å²) in [6.07, 6.45) is 0. The topological polar surface area (TPSA) is 68.3 Å². The molecule has 6 aromatic rings. The summed E-state index contributed by atoms with van der Waals surface area (Å²) in [5.74, 6) is 1.64. The second-order valence-corrected chi connectivity index (χ2v) is 11.2. The van der Waals surface area contributed by atoms with Crippen LogP contribution < -0.4 is 20.1 Å². The Kier molecular flexibility index (Phi) is 10.7. The van der Waals surface area contributed by atoms with Crippen LogP contribution in [-0.2, 0) is 16.8 Å². The molecular formula is C30H24CoN4O2S4+2. The van der Waals surface area contributed by atoms with Gasteiger partial charge in [0.05, 0.1) is 34.7 Å². The molecule has 1 radical (unpaired) electrons. The Hall–Kier alpha value is -3.45. The summed E-state index contributed by atoms with van der Waals surface area (Å²) in [6, 6.07) is 31.3. The normalized spacial score (nSPS) is 10.2. The van der Waals surface area contributed by atoms with Gasteiger partial charge < -0.3 is 20.1 Å². The monoisotopic (exact) mass is 659 g/mol. The first-order valence-corrected chi connectivity index (χ1v) is 14.6. The van der Waals surface area contributed by atoms with Gasteiger partial charge in [-0.2, -0.15) is 0 Å². The smallest absolute Gasteiger partial charge is 0.497 e. The van der Waals surface area contributed by atoms with Gasteiger partial charge in [0.1, 0.15) is 21.5 Å². The van der Waals surface area contributed by atoms with E-state index in [4.69, 9.17) is 33.9 Å². The fourth-order valence-electron chi connectivity index (χ4n) is 3.66. The Morgan fingerprint density at radius 2 is 0.951 bits per heavy atom. The minimum absolute atomic E-state index is 0. The number of nitrogens with one attached hydrogen (secondary N) is 2. The van der Waals surface area contributed by atoms with E-state index in [-0.39, 0.29) is 16.8 Å². The molecule has 0 amide bonds. The zero-order valence-electron chi connectivity index (χ0n) is 21.9. The number of benzene rings is 4. The van der Waals surface area contributed by atoms with Gasteiger partial charge in [0.25, 0.3) is 0 Å². The summed E-state index contributed by atoms with van der Waals surface area (Å²) in [4.78, 5) is 10.3. The van der Waals surface area contributed by atoms with Gasteiger partial charge in [-0.15, -0.1) is 22.7 Å². The number of thiocarbonyl (C=S) groups is 2. The molecule has 0 aliphatic carbocycles. The Labute approximate surface area is 267 Å². The van der Waals surface area contributed by atoms with Gasteiger partial charge in [-0.25, -0.2) is 9.97 Å². The maximum absolute atomic E-state index is 5.41. The number of rotatable bonds is 6. The summed E-state index contributed by atoms with van der Waals surface area (Å²) >= 11 is 14.0. The SMILES string of the molecule is COc1ccc(NC(=S)c2nc3ccccc3s2)cc1.COc1ccc(NC(=S)c2nc3ccccc3s2)cc1.[Co+2]. The molecule has 207 valence electrons. The second kappa shape index (κ2) is 14.4. The van der Waals surface area contributed by atoms with Gasteiger partial charge in [0.2, 0.25) is 0 Å². The van der Waals surface area contributed by atoms with Crippen LogP contribution in [0.5, 0.6) is 11.5 Å². The number of thiazole rings is 2. The van der Waals surface area contributed by atoms with Crippen LogP contribution in [-0.4, -0.2) is 34.2 Å². The number of para-hydroxylation sites is 2.